The van der Waals surface area contributed by atoms with Gasteiger partial charge in [0, 0.05) is 12.2 Å². The lowest BCUT2D eigenvalue weighted by atomic mass is 9.99. The highest BCUT2D eigenvalue weighted by Crippen LogP contribution is 2.36. The van der Waals surface area contributed by atoms with Crippen LogP contribution in [0.25, 0.3) is 0 Å². The molecule has 0 saturated heterocycles. The molecule has 0 aliphatic heterocycles. The van der Waals surface area contributed by atoms with Crippen molar-refractivity contribution < 1.29 is 13.2 Å². The van der Waals surface area contributed by atoms with Crippen LogP contribution in [0, 0.1) is 5.92 Å². The van der Waals surface area contributed by atoms with Crippen LogP contribution < -0.4 is 5.32 Å². The van der Waals surface area contributed by atoms with Crippen LogP contribution in [0.3, 0.4) is 0 Å². The molecule has 0 saturated carbocycles. The molecule has 1 nitrogen and oxygen atoms in total. The van der Waals surface area contributed by atoms with Crippen LogP contribution in [0.2, 0.25) is 5.02 Å². The van der Waals surface area contributed by atoms with Gasteiger partial charge in [0.2, 0.25) is 0 Å². The lowest BCUT2D eigenvalue weighted by Crippen LogP contribution is -2.14. The van der Waals surface area contributed by atoms with E-state index in [-0.39, 0.29) is 5.02 Å². The van der Waals surface area contributed by atoms with Crippen LogP contribution in [-0.2, 0) is 6.18 Å². The van der Waals surface area contributed by atoms with Crippen molar-refractivity contribution >= 4 is 17.3 Å². The number of benzene rings is 1. The van der Waals surface area contributed by atoms with Gasteiger partial charge in [-0.05, 0) is 30.5 Å². The quantitative estimate of drug-likeness (QED) is 0.652. The molecule has 0 amide bonds. The summed E-state index contributed by atoms with van der Waals surface area (Å²) in [5.41, 5.74) is -0.317. The average Bonchev–Trinajstić information content (AvgIpc) is 2.39. The fourth-order valence-corrected chi connectivity index (χ4v) is 2.28. The number of hydrogen-bond acceptors (Lipinski definition) is 1. The Morgan fingerprint density at radius 3 is 2.50 bits per heavy atom. The highest BCUT2D eigenvalue weighted by Gasteiger charge is 2.33. The molecule has 1 unspecified atom stereocenters. The molecule has 114 valence electrons. The molecule has 0 radical (unpaired) electrons. The van der Waals surface area contributed by atoms with E-state index in [1.165, 1.54) is 6.07 Å². The van der Waals surface area contributed by atoms with E-state index in [1.807, 2.05) is 0 Å². The molecule has 1 N–H and O–H groups in total. The summed E-state index contributed by atoms with van der Waals surface area (Å²) in [7, 11) is 0. The van der Waals surface area contributed by atoms with E-state index < -0.39 is 11.7 Å². The summed E-state index contributed by atoms with van der Waals surface area (Å²) in [6.45, 7) is 4.93. The van der Waals surface area contributed by atoms with Crippen LogP contribution in [0.1, 0.15) is 45.1 Å². The first-order valence-corrected chi connectivity index (χ1v) is 7.36. The number of rotatable bonds is 7. The van der Waals surface area contributed by atoms with Crippen LogP contribution >= 0.6 is 11.6 Å². The molecule has 0 fully saturated rings. The standard InChI is InChI=1S/C15H21ClF3N/c1-3-5-6-11(4-2)10-20-12-7-8-14(16)13(9-12)15(17,18)19/h7-9,11,20H,3-6,10H2,1-2H3. The van der Waals surface area contributed by atoms with Gasteiger partial charge in [0.25, 0.3) is 0 Å². The van der Waals surface area contributed by atoms with Gasteiger partial charge in [-0.15, -0.1) is 0 Å². The molecule has 5 heteroatoms. The van der Waals surface area contributed by atoms with Gasteiger partial charge in [-0.3, -0.25) is 0 Å². The second-order valence-corrected chi connectivity index (χ2v) is 5.40. The van der Waals surface area contributed by atoms with Gasteiger partial charge in [-0.25, -0.2) is 0 Å². The molecule has 0 aliphatic carbocycles. The first-order valence-electron chi connectivity index (χ1n) is 6.99. The zero-order valence-corrected chi connectivity index (χ0v) is 12.6. The summed E-state index contributed by atoms with van der Waals surface area (Å²) in [5, 5.41) is 2.82. The van der Waals surface area contributed by atoms with Crippen molar-refractivity contribution in [1.29, 1.82) is 0 Å². The maximum atomic E-state index is 12.7. The molecule has 0 heterocycles. The minimum absolute atomic E-state index is 0.263. The molecule has 0 aliphatic rings. The Bertz CT molecular complexity index is 418. The van der Waals surface area contributed by atoms with Crippen molar-refractivity contribution in [3.8, 4) is 0 Å². The van der Waals surface area contributed by atoms with Gasteiger partial charge < -0.3 is 5.32 Å². The van der Waals surface area contributed by atoms with Crippen LogP contribution in [0.4, 0.5) is 18.9 Å². The van der Waals surface area contributed by atoms with E-state index in [2.05, 4.69) is 19.2 Å². The minimum atomic E-state index is -4.42. The number of unbranched alkanes of at least 4 members (excludes halogenated alkanes) is 1. The molecule has 1 aromatic rings. The second kappa shape index (κ2) is 7.77. The summed E-state index contributed by atoms with van der Waals surface area (Å²) in [5.74, 6) is 0.486. The zero-order valence-electron chi connectivity index (χ0n) is 11.9. The molecule has 1 rings (SSSR count). The van der Waals surface area contributed by atoms with E-state index in [0.29, 0.717) is 18.2 Å². The normalized spacial score (nSPS) is 13.3. The first kappa shape index (κ1) is 17.2. The Morgan fingerprint density at radius 2 is 1.95 bits per heavy atom. The van der Waals surface area contributed by atoms with Crippen molar-refractivity contribution in [3.63, 3.8) is 0 Å². The lowest BCUT2D eigenvalue weighted by molar-refractivity contribution is -0.137. The third-order valence-electron chi connectivity index (χ3n) is 3.41. The van der Waals surface area contributed by atoms with E-state index in [4.69, 9.17) is 11.6 Å². The fraction of sp³-hybridized carbons (Fsp3) is 0.600. The maximum Gasteiger partial charge on any atom is 0.417 e. The van der Waals surface area contributed by atoms with Gasteiger partial charge in [0.05, 0.1) is 10.6 Å². The summed E-state index contributed by atoms with van der Waals surface area (Å²) >= 11 is 5.59. The number of alkyl halides is 3. The van der Waals surface area contributed by atoms with E-state index in [1.54, 1.807) is 6.07 Å². The maximum absolute atomic E-state index is 12.7. The summed E-state index contributed by atoms with van der Waals surface area (Å²) in [6.07, 6.45) is -0.0160. The van der Waals surface area contributed by atoms with Gasteiger partial charge in [-0.1, -0.05) is 44.7 Å². The molecule has 1 aromatic carbocycles. The van der Waals surface area contributed by atoms with Crippen molar-refractivity contribution in [3.05, 3.63) is 28.8 Å². The molecule has 0 bridgehead atoms. The Labute approximate surface area is 123 Å². The van der Waals surface area contributed by atoms with E-state index >= 15 is 0 Å². The Hall–Kier alpha value is -0.900. The zero-order chi connectivity index (χ0) is 15.2. The number of nitrogens with one attached hydrogen (secondary N) is 1. The SMILES string of the molecule is CCCCC(CC)CNc1ccc(Cl)c(C(F)(F)F)c1. The molecular formula is C15H21ClF3N. The molecule has 0 spiro atoms. The number of hydrogen-bond donors (Lipinski definition) is 1. The summed E-state index contributed by atoms with van der Waals surface area (Å²) in [4.78, 5) is 0. The Kier molecular flexibility index (Phi) is 6.66. The smallest absolute Gasteiger partial charge is 0.385 e. The third-order valence-corrected chi connectivity index (χ3v) is 3.74. The number of halogens is 4. The monoisotopic (exact) mass is 307 g/mol. The lowest BCUT2D eigenvalue weighted by Gasteiger charge is -2.17. The average molecular weight is 308 g/mol. The summed E-state index contributed by atoms with van der Waals surface area (Å²) < 4.78 is 38.2. The number of anilines is 1. The minimum Gasteiger partial charge on any atom is -0.385 e. The summed E-state index contributed by atoms with van der Waals surface area (Å²) in [6, 6.07) is 3.96. The van der Waals surface area contributed by atoms with Crippen LogP contribution in [0.15, 0.2) is 18.2 Å². The Balaban J connectivity index is 2.69. The predicted molar refractivity (Wildman–Crippen MR) is 78.2 cm³/mol. The highest BCUT2D eigenvalue weighted by molar-refractivity contribution is 6.31. The van der Waals surface area contributed by atoms with Gasteiger partial charge in [0.15, 0.2) is 0 Å². The van der Waals surface area contributed by atoms with Gasteiger partial charge >= 0.3 is 6.18 Å². The first-order chi connectivity index (χ1) is 9.38. The fourth-order valence-electron chi connectivity index (χ4n) is 2.06. The van der Waals surface area contributed by atoms with Crippen LogP contribution in [0.5, 0.6) is 0 Å². The van der Waals surface area contributed by atoms with Crippen molar-refractivity contribution in [2.45, 2.75) is 45.7 Å². The van der Waals surface area contributed by atoms with Gasteiger partial charge in [0.1, 0.15) is 0 Å². The van der Waals surface area contributed by atoms with E-state index in [0.717, 1.165) is 31.7 Å². The molecule has 1 atom stereocenters. The van der Waals surface area contributed by atoms with Crippen molar-refractivity contribution in [2.24, 2.45) is 5.92 Å². The largest absolute Gasteiger partial charge is 0.417 e. The third kappa shape index (κ3) is 5.23. The van der Waals surface area contributed by atoms with Crippen LogP contribution in [-0.4, -0.2) is 6.54 Å². The topological polar surface area (TPSA) is 12.0 Å². The highest BCUT2D eigenvalue weighted by atomic mass is 35.5. The molecular weight excluding hydrogens is 287 g/mol. The predicted octanol–water partition coefficient (Wildman–Crippen LogP) is 5.99. The van der Waals surface area contributed by atoms with Crippen molar-refractivity contribution in [1.82, 2.24) is 0 Å². The molecule has 0 aromatic heterocycles. The van der Waals surface area contributed by atoms with Gasteiger partial charge in [-0.2, -0.15) is 13.2 Å². The van der Waals surface area contributed by atoms with E-state index in [9.17, 15) is 13.2 Å². The Morgan fingerprint density at radius 1 is 1.25 bits per heavy atom. The molecule has 20 heavy (non-hydrogen) atoms. The van der Waals surface area contributed by atoms with Crippen molar-refractivity contribution in [2.75, 3.05) is 11.9 Å². The second-order valence-electron chi connectivity index (χ2n) is 4.99.